The summed E-state index contributed by atoms with van der Waals surface area (Å²) in [5.41, 5.74) is 8.93. The molecule has 0 spiro atoms. The maximum absolute atomic E-state index is 14.2. The molecule has 0 radical (unpaired) electrons. The van der Waals surface area contributed by atoms with E-state index in [2.05, 4.69) is 5.32 Å². The number of nitrogens with two attached hydrogens (primary N) is 1. The molecule has 4 aromatic carbocycles. The van der Waals surface area contributed by atoms with Crippen LogP contribution in [0.3, 0.4) is 0 Å². The molecule has 0 aromatic heterocycles. The first-order valence-corrected chi connectivity index (χ1v) is 14.2. The van der Waals surface area contributed by atoms with Gasteiger partial charge in [0, 0.05) is 33.0 Å². The molecule has 3 atom stereocenters. The predicted octanol–water partition coefficient (Wildman–Crippen LogP) is 3.49. The minimum absolute atomic E-state index is 0.199. The van der Waals surface area contributed by atoms with Gasteiger partial charge in [-0.2, -0.15) is 0 Å². The zero-order valence-corrected chi connectivity index (χ0v) is 23.6. The molecule has 0 bridgehead atoms. The Morgan fingerprint density at radius 3 is 2.24 bits per heavy atom. The Balaban J connectivity index is 1.41. The Hall–Kier alpha value is -4.56. The van der Waals surface area contributed by atoms with Crippen molar-refractivity contribution < 1.29 is 18.8 Å². The summed E-state index contributed by atoms with van der Waals surface area (Å²) in [5, 5.41) is 4.89. The number of piperazine rings is 1. The molecular formula is C34H35FN4O3. The highest BCUT2D eigenvalue weighted by molar-refractivity contribution is 5.94. The van der Waals surface area contributed by atoms with Gasteiger partial charge in [-0.15, -0.1) is 0 Å². The topological polar surface area (TPSA) is 95.7 Å². The molecule has 8 heteroatoms. The monoisotopic (exact) mass is 566 g/mol. The van der Waals surface area contributed by atoms with Crippen LogP contribution in [0.5, 0.6) is 0 Å². The van der Waals surface area contributed by atoms with Crippen molar-refractivity contribution in [2.75, 3.05) is 20.1 Å². The summed E-state index contributed by atoms with van der Waals surface area (Å²) < 4.78 is 13.4. The van der Waals surface area contributed by atoms with E-state index in [4.69, 9.17) is 5.73 Å². The number of carbonyl (C=O) groups is 3. The number of carbonyl (C=O) groups excluding carboxylic acids is 3. The lowest BCUT2D eigenvalue weighted by Gasteiger charge is -2.44. The van der Waals surface area contributed by atoms with Crippen LogP contribution in [0.1, 0.15) is 16.7 Å². The van der Waals surface area contributed by atoms with Gasteiger partial charge in [0.2, 0.25) is 17.7 Å². The van der Waals surface area contributed by atoms with Crippen molar-refractivity contribution in [3.8, 4) is 0 Å². The standard InChI is InChI=1S/C34H35FN4O3/c1-37-32(40)30(22-25-11-14-26-9-5-6-10-27(26)19-25)38-17-18-39(31(34(38)42)21-23-7-3-2-4-8-23)33(41)29(36)20-24-12-15-28(35)16-13-24/h2-16,19,29-31H,17-18,20-22,36H2,1H3,(H,37,40)/t29?,30?,31-/m0/s1. The van der Waals surface area contributed by atoms with Crippen molar-refractivity contribution in [3.05, 3.63) is 120 Å². The van der Waals surface area contributed by atoms with E-state index >= 15 is 0 Å². The number of amides is 3. The third-order valence-corrected chi connectivity index (χ3v) is 7.94. The van der Waals surface area contributed by atoms with Gasteiger partial charge in [0.25, 0.3) is 0 Å². The normalized spacial score (nSPS) is 16.7. The largest absolute Gasteiger partial charge is 0.357 e. The van der Waals surface area contributed by atoms with E-state index in [-0.39, 0.29) is 43.0 Å². The highest BCUT2D eigenvalue weighted by atomic mass is 19.1. The second-order valence-electron chi connectivity index (χ2n) is 10.7. The van der Waals surface area contributed by atoms with Gasteiger partial charge in [-0.1, -0.05) is 84.9 Å². The molecular weight excluding hydrogens is 531 g/mol. The van der Waals surface area contributed by atoms with Crippen LogP contribution in [0.4, 0.5) is 4.39 Å². The smallest absolute Gasteiger partial charge is 0.246 e. The molecule has 0 aliphatic carbocycles. The minimum atomic E-state index is -0.902. The number of hydrogen-bond donors (Lipinski definition) is 2. The van der Waals surface area contributed by atoms with Gasteiger partial charge in [-0.3, -0.25) is 14.4 Å². The van der Waals surface area contributed by atoms with Crippen molar-refractivity contribution in [1.29, 1.82) is 0 Å². The van der Waals surface area contributed by atoms with Crippen LogP contribution in [0.25, 0.3) is 10.8 Å². The summed E-state index contributed by atoms with van der Waals surface area (Å²) in [5.74, 6) is -1.26. The van der Waals surface area contributed by atoms with Crippen LogP contribution in [-0.2, 0) is 33.6 Å². The van der Waals surface area contributed by atoms with Gasteiger partial charge < -0.3 is 20.9 Å². The highest BCUT2D eigenvalue weighted by Gasteiger charge is 2.42. The number of likely N-dealkylation sites (N-methyl/N-ethyl adjacent to an activating group) is 1. The third-order valence-electron chi connectivity index (χ3n) is 7.94. The van der Waals surface area contributed by atoms with E-state index < -0.39 is 18.1 Å². The first kappa shape index (κ1) is 29.0. The van der Waals surface area contributed by atoms with Gasteiger partial charge in [-0.25, -0.2) is 4.39 Å². The van der Waals surface area contributed by atoms with Gasteiger partial charge >= 0.3 is 0 Å². The fourth-order valence-electron chi connectivity index (χ4n) is 5.69. The molecule has 1 heterocycles. The molecule has 2 unspecified atom stereocenters. The fourth-order valence-corrected chi connectivity index (χ4v) is 5.69. The molecule has 1 saturated heterocycles. The highest BCUT2D eigenvalue weighted by Crippen LogP contribution is 2.23. The van der Waals surface area contributed by atoms with Crippen molar-refractivity contribution >= 4 is 28.5 Å². The van der Waals surface area contributed by atoms with Crippen LogP contribution < -0.4 is 11.1 Å². The Kier molecular flexibility index (Phi) is 8.93. The SMILES string of the molecule is CNC(=O)C(Cc1ccc2ccccc2c1)N1CCN(C(=O)C(N)Cc2ccc(F)cc2)[C@@H](Cc2ccccc2)C1=O. The lowest BCUT2D eigenvalue weighted by molar-refractivity contribution is -0.156. The molecule has 1 fully saturated rings. The maximum Gasteiger partial charge on any atom is 0.246 e. The summed E-state index contributed by atoms with van der Waals surface area (Å²) in [6.45, 7) is 0.440. The molecule has 4 aromatic rings. The zero-order valence-electron chi connectivity index (χ0n) is 23.6. The van der Waals surface area contributed by atoms with Crippen LogP contribution >= 0.6 is 0 Å². The molecule has 5 rings (SSSR count). The average Bonchev–Trinajstić information content (AvgIpc) is 3.02. The number of fused-ring (bicyclic) bond motifs is 1. The lowest BCUT2D eigenvalue weighted by atomic mass is 9.95. The van der Waals surface area contributed by atoms with Crippen molar-refractivity contribution in [2.45, 2.75) is 37.4 Å². The number of nitrogens with one attached hydrogen (secondary N) is 1. The second kappa shape index (κ2) is 13.0. The number of rotatable bonds is 9. The van der Waals surface area contributed by atoms with Crippen molar-refractivity contribution in [3.63, 3.8) is 0 Å². The van der Waals surface area contributed by atoms with Gasteiger partial charge in [0.05, 0.1) is 6.04 Å². The van der Waals surface area contributed by atoms with Gasteiger partial charge in [-0.05, 0) is 46.0 Å². The zero-order chi connectivity index (χ0) is 29.6. The Morgan fingerprint density at radius 2 is 1.52 bits per heavy atom. The summed E-state index contributed by atoms with van der Waals surface area (Å²) in [4.78, 5) is 44.2. The van der Waals surface area contributed by atoms with Crippen molar-refractivity contribution in [2.24, 2.45) is 5.73 Å². The molecule has 3 N–H and O–H groups in total. The van der Waals surface area contributed by atoms with Gasteiger partial charge in [0.15, 0.2) is 0 Å². The molecule has 1 aliphatic rings. The fraction of sp³-hybridized carbons (Fsp3) is 0.265. The second-order valence-corrected chi connectivity index (χ2v) is 10.7. The van der Waals surface area contributed by atoms with Crippen molar-refractivity contribution in [1.82, 2.24) is 15.1 Å². The maximum atomic E-state index is 14.2. The first-order chi connectivity index (χ1) is 20.3. The van der Waals surface area contributed by atoms with Crippen LogP contribution in [0.2, 0.25) is 0 Å². The quantitative estimate of drug-likeness (QED) is 0.324. The van der Waals surface area contributed by atoms with Crippen LogP contribution in [-0.4, -0.2) is 65.8 Å². The van der Waals surface area contributed by atoms with Crippen LogP contribution in [0.15, 0.2) is 97.1 Å². The first-order valence-electron chi connectivity index (χ1n) is 14.2. The Labute approximate surface area is 245 Å². The number of nitrogens with zero attached hydrogens (tertiary/aromatic N) is 2. The van der Waals surface area contributed by atoms with Gasteiger partial charge in [0.1, 0.15) is 17.9 Å². The summed E-state index contributed by atoms with van der Waals surface area (Å²) >= 11 is 0. The summed E-state index contributed by atoms with van der Waals surface area (Å²) in [6, 6.07) is 27.0. The molecule has 0 saturated carbocycles. The minimum Gasteiger partial charge on any atom is -0.357 e. The third kappa shape index (κ3) is 6.50. The molecule has 42 heavy (non-hydrogen) atoms. The van der Waals surface area contributed by atoms with Crippen LogP contribution in [0, 0.1) is 5.82 Å². The van der Waals surface area contributed by atoms with E-state index in [9.17, 15) is 18.8 Å². The average molecular weight is 567 g/mol. The Morgan fingerprint density at radius 1 is 0.857 bits per heavy atom. The summed E-state index contributed by atoms with van der Waals surface area (Å²) in [7, 11) is 1.57. The number of hydrogen-bond acceptors (Lipinski definition) is 4. The molecule has 216 valence electrons. The van der Waals surface area contributed by atoms with E-state index in [1.165, 1.54) is 12.1 Å². The summed E-state index contributed by atoms with van der Waals surface area (Å²) in [6.07, 6.45) is 0.850. The van der Waals surface area contributed by atoms with E-state index in [1.54, 1.807) is 29.0 Å². The van der Waals surface area contributed by atoms with E-state index in [0.717, 1.165) is 27.5 Å². The van der Waals surface area contributed by atoms with E-state index in [1.807, 2.05) is 72.8 Å². The lowest BCUT2D eigenvalue weighted by Crippen LogP contribution is -2.65. The van der Waals surface area contributed by atoms with E-state index in [0.29, 0.717) is 12.8 Å². The molecule has 7 nitrogen and oxygen atoms in total. The predicted molar refractivity (Wildman–Crippen MR) is 161 cm³/mol. The number of benzene rings is 4. The number of halogens is 1. The molecule has 1 aliphatic heterocycles. The molecule has 3 amide bonds. The Bertz CT molecular complexity index is 1560.